The first-order chi connectivity index (χ1) is 10.2. The molecule has 0 saturated carbocycles. The fourth-order valence-electron chi connectivity index (χ4n) is 2.11. The third-order valence-electron chi connectivity index (χ3n) is 2.92. The SMILES string of the molecule is COc1nc(N(C(C)=O)C(C)C)nc(N(C(C)=O)C(C)C)n1. The number of carbonyl (C=O) groups is 2. The maximum Gasteiger partial charge on any atom is 0.322 e. The normalized spacial score (nSPS) is 10.8. The molecule has 22 heavy (non-hydrogen) atoms. The Balaban J connectivity index is 3.46. The summed E-state index contributed by atoms with van der Waals surface area (Å²) in [5, 5.41) is 0. The van der Waals surface area contributed by atoms with Gasteiger partial charge >= 0.3 is 6.01 Å². The molecule has 0 aliphatic rings. The summed E-state index contributed by atoms with van der Waals surface area (Å²) in [6.45, 7) is 10.3. The molecule has 0 aromatic carbocycles. The molecule has 1 aromatic rings. The van der Waals surface area contributed by atoms with E-state index < -0.39 is 0 Å². The summed E-state index contributed by atoms with van der Waals surface area (Å²) in [6, 6.07) is -0.219. The Hall–Kier alpha value is -2.25. The van der Waals surface area contributed by atoms with Crippen molar-refractivity contribution in [1.82, 2.24) is 15.0 Å². The van der Waals surface area contributed by atoms with Crippen LogP contribution in [0.5, 0.6) is 6.01 Å². The van der Waals surface area contributed by atoms with Gasteiger partial charge in [-0.25, -0.2) is 0 Å². The van der Waals surface area contributed by atoms with E-state index >= 15 is 0 Å². The highest BCUT2D eigenvalue weighted by molar-refractivity contribution is 5.92. The highest BCUT2D eigenvalue weighted by Gasteiger charge is 2.25. The first kappa shape index (κ1) is 17.8. The van der Waals surface area contributed by atoms with Crippen LogP contribution < -0.4 is 14.5 Å². The molecule has 122 valence electrons. The minimum Gasteiger partial charge on any atom is -0.467 e. The first-order valence-electron chi connectivity index (χ1n) is 7.08. The number of aromatic nitrogens is 3. The molecule has 1 rings (SSSR count). The zero-order valence-corrected chi connectivity index (χ0v) is 14.1. The number of hydrogen-bond donors (Lipinski definition) is 0. The highest BCUT2D eigenvalue weighted by Crippen LogP contribution is 2.21. The third kappa shape index (κ3) is 3.90. The second kappa shape index (κ2) is 7.15. The standard InChI is InChI=1S/C14H23N5O3/c1-8(2)18(10(5)20)12-15-13(17-14(16-12)22-7)19(9(3)4)11(6)21/h8-9H,1-7H3. The molecule has 0 saturated heterocycles. The summed E-state index contributed by atoms with van der Waals surface area (Å²) in [4.78, 5) is 39.0. The molecule has 0 N–H and O–H groups in total. The Morgan fingerprint density at radius 3 is 1.45 bits per heavy atom. The molecular weight excluding hydrogens is 286 g/mol. The monoisotopic (exact) mass is 309 g/mol. The van der Waals surface area contributed by atoms with E-state index in [-0.39, 0.29) is 41.8 Å². The molecule has 2 amide bonds. The van der Waals surface area contributed by atoms with Gasteiger partial charge in [0.2, 0.25) is 23.7 Å². The van der Waals surface area contributed by atoms with Crippen LogP contribution >= 0.6 is 0 Å². The van der Waals surface area contributed by atoms with Crippen LogP contribution in [0.4, 0.5) is 11.9 Å². The van der Waals surface area contributed by atoms with Gasteiger partial charge in [0.15, 0.2) is 0 Å². The van der Waals surface area contributed by atoms with Crippen LogP contribution in [0.25, 0.3) is 0 Å². The zero-order valence-electron chi connectivity index (χ0n) is 14.1. The van der Waals surface area contributed by atoms with Gasteiger partial charge in [0.1, 0.15) is 0 Å². The summed E-state index contributed by atoms with van der Waals surface area (Å²) in [6.07, 6.45) is 0. The van der Waals surface area contributed by atoms with Gasteiger partial charge in [-0.1, -0.05) is 0 Å². The summed E-state index contributed by atoms with van der Waals surface area (Å²) in [7, 11) is 1.42. The maximum atomic E-state index is 11.8. The molecule has 8 nitrogen and oxygen atoms in total. The van der Waals surface area contributed by atoms with E-state index in [1.165, 1.54) is 30.8 Å². The number of methoxy groups -OCH3 is 1. The van der Waals surface area contributed by atoms with Crippen LogP contribution in [0.1, 0.15) is 41.5 Å². The number of hydrogen-bond acceptors (Lipinski definition) is 6. The van der Waals surface area contributed by atoms with Crippen LogP contribution in [0.3, 0.4) is 0 Å². The molecule has 0 radical (unpaired) electrons. The molecule has 0 spiro atoms. The lowest BCUT2D eigenvalue weighted by Crippen LogP contribution is -2.39. The average Bonchev–Trinajstić information content (AvgIpc) is 2.36. The lowest BCUT2D eigenvalue weighted by molar-refractivity contribution is -0.117. The second-order valence-electron chi connectivity index (χ2n) is 5.39. The molecule has 0 aliphatic heterocycles. The molecule has 0 fully saturated rings. The summed E-state index contributed by atoms with van der Waals surface area (Å²) >= 11 is 0. The lowest BCUT2D eigenvalue weighted by Gasteiger charge is -2.26. The van der Waals surface area contributed by atoms with E-state index in [0.717, 1.165) is 0 Å². The number of nitrogens with zero attached hydrogens (tertiary/aromatic N) is 5. The molecule has 0 unspecified atom stereocenters. The largest absolute Gasteiger partial charge is 0.467 e. The first-order valence-corrected chi connectivity index (χ1v) is 7.08. The van der Waals surface area contributed by atoms with E-state index in [1.807, 2.05) is 27.7 Å². The van der Waals surface area contributed by atoms with Gasteiger partial charge < -0.3 is 4.74 Å². The predicted octanol–water partition coefficient (Wildman–Crippen LogP) is 1.40. The molecule has 1 aromatic heterocycles. The van der Waals surface area contributed by atoms with Gasteiger partial charge in [-0.15, -0.1) is 0 Å². The lowest BCUT2D eigenvalue weighted by atomic mass is 10.3. The minimum absolute atomic E-state index is 0.0544. The fourth-order valence-corrected chi connectivity index (χ4v) is 2.11. The van der Waals surface area contributed by atoms with Gasteiger partial charge in [-0.2, -0.15) is 15.0 Å². The quantitative estimate of drug-likeness (QED) is 0.817. The Bertz CT molecular complexity index is 515. The molecular formula is C14H23N5O3. The number of rotatable bonds is 5. The van der Waals surface area contributed by atoms with E-state index in [1.54, 1.807) is 0 Å². The van der Waals surface area contributed by atoms with Gasteiger partial charge in [0, 0.05) is 25.9 Å². The second-order valence-corrected chi connectivity index (χ2v) is 5.39. The van der Waals surface area contributed by atoms with Gasteiger partial charge in [-0.3, -0.25) is 19.4 Å². The topological polar surface area (TPSA) is 88.5 Å². The van der Waals surface area contributed by atoms with Crippen molar-refractivity contribution in [2.75, 3.05) is 16.9 Å². The van der Waals surface area contributed by atoms with Crippen LogP contribution in [0.2, 0.25) is 0 Å². The van der Waals surface area contributed by atoms with Gasteiger partial charge in [0.05, 0.1) is 7.11 Å². The summed E-state index contributed by atoms with van der Waals surface area (Å²) in [5.41, 5.74) is 0. The number of anilines is 2. The molecule has 0 aliphatic carbocycles. The Labute approximate surface area is 130 Å². The van der Waals surface area contributed by atoms with E-state index in [9.17, 15) is 9.59 Å². The van der Waals surface area contributed by atoms with Crippen molar-refractivity contribution in [3.8, 4) is 6.01 Å². The smallest absolute Gasteiger partial charge is 0.322 e. The Kier molecular flexibility index (Phi) is 5.78. The van der Waals surface area contributed by atoms with E-state index in [0.29, 0.717) is 0 Å². The van der Waals surface area contributed by atoms with Crippen molar-refractivity contribution in [3.05, 3.63) is 0 Å². The Morgan fingerprint density at radius 1 is 0.864 bits per heavy atom. The number of carbonyl (C=O) groups excluding carboxylic acids is 2. The number of ether oxygens (including phenoxy) is 1. The molecule has 0 atom stereocenters. The Morgan fingerprint density at radius 2 is 1.23 bits per heavy atom. The van der Waals surface area contributed by atoms with Crippen molar-refractivity contribution >= 4 is 23.7 Å². The minimum atomic E-state index is -0.201. The number of amides is 2. The molecule has 1 heterocycles. The fraction of sp³-hybridized carbons (Fsp3) is 0.643. The van der Waals surface area contributed by atoms with Crippen LogP contribution in [-0.4, -0.2) is 46.0 Å². The summed E-state index contributed by atoms with van der Waals surface area (Å²) < 4.78 is 5.08. The average molecular weight is 309 g/mol. The van der Waals surface area contributed by atoms with Crippen molar-refractivity contribution in [1.29, 1.82) is 0 Å². The van der Waals surface area contributed by atoms with E-state index in [2.05, 4.69) is 15.0 Å². The third-order valence-corrected chi connectivity index (χ3v) is 2.92. The maximum absolute atomic E-state index is 11.8. The zero-order chi connectivity index (χ0) is 17.0. The van der Waals surface area contributed by atoms with Crippen molar-refractivity contribution in [2.24, 2.45) is 0 Å². The van der Waals surface area contributed by atoms with Crippen molar-refractivity contribution in [3.63, 3.8) is 0 Å². The predicted molar refractivity (Wildman–Crippen MR) is 83.0 cm³/mol. The van der Waals surface area contributed by atoms with Crippen LogP contribution in [-0.2, 0) is 9.59 Å². The van der Waals surface area contributed by atoms with Crippen LogP contribution in [0, 0.1) is 0 Å². The van der Waals surface area contributed by atoms with E-state index in [4.69, 9.17) is 4.74 Å². The van der Waals surface area contributed by atoms with Gasteiger partial charge in [0.25, 0.3) is 0 Å². The molecule has 8 heteroatoms. The van der Waals surface area contributed by atoms with Crippen LogP contribution in [0.15, 0.2) is 0 Å². The molecule has 0 bridgehead atoms. The van der Waals surface area contributed by atoms with Crippen molar-refractivity contribution in [2.45, 2.75) is 53.6 Å². The van der Waals surface area contributed by atoms with Gasteiger partial charge in [-0.05, 0) is 27.7 Å². The highest BCUT2D eigenvalue weighted by atomic mass is 16.5. The van der Waals surface area contributed by atoms with Crippen molar-refractivity contribution < 1.29 is 14.3 Å². The summed E-state index contributed by atoms with van der Waals surface area (Å²) in [5.74, 6) is -0.0752.